The van der Waals surface area contributed by atoms with Gasteiger partial charge in [-0.05, 0) is 55.9 Å². The van der Waals surface area contributed by atoms with Crippen LogP contribution in [0.25, 0.3) is 0 Å². The van der Waals surface area contributed by atoms with Crippen LogP contribution in [0.3, 0.4) is 0 Å². The summed E-state index contributed by atoms with van der Waals surface area (Å²) in [6, 6.07) is 9.61. The van der Waals surface area contributed by atoms with E-state index in [9.17, 15) is 0 Å². The lowest BCUT2D eigenvalue weighted by molar-refractivity contribution is 0.292. The molecule has 1 aromatic carbocycles. The topological polar surface area (TPSA) is 15.3 Å². The number of hydrogen-bond acceptors (Lipinski definition) is 2. The third kappa shape index (κ3) is 13.4. The first kappa shape index (κ1) is 33.9. The number of hydrogen-bond donors (Lipinski definition) is 1. The molecule has 0 aliphatic rings. The average Bonchev–Trinajstić information content (AvgIpc) is 2.84. The van der Waals surface area contributed by atoms with Crippen LogP contribution >= 0.6 is 0 Å². The van der Waals surface area contributed by atoms with E-state index in [-0.39, 0.29) is 5.41 Å². The fraction of sp³-hybridized carbons (Fsp3) is 0.500. The molecule has 1 rings (SSSR count). The van der Waals surface area contributed by atoms with Gasteiger partial charge >= 0.3 is 0 Å². The van der Waals surface area contributed by atoms with Crippen molar-refractivity contribution < 1.29 is 0 Å². The van der Waals surface area contributed by atoms with E-state index in [4.69, 9.17) is 0 Å². The van der Waals surface area contributed by atoms with Crippen LogP contribution in [0, 0.1) is 0 Å². The summed E-state index contributed by atoms with van der Waals surface area (Å²) in [6.45, 7) is 31.8. The number of nitrogens with zero attached hydrogens (tertiary/aromatic N) is 1. The normalized spacial score (nSPS) is 13.5. The molecule has 2 unspecified atom stereocenters. The molecule has 1 aromatic rings. The average molecular weight is 467 g/mol. The van der Waals surface area contributed by atoms with Crippen molar-refractivity contribution in [1.29, 1.82) is 0 Å². The highest BCUT2D eigenvalue weighted by Crippen LogP contribution is 2.26. The van der Waals surface area contributed by atoms with E-state index in [0.29, 0.717) is 12.0 Å². The van der Waals surface area contributed by atoms with E-state index in [1.54, 1.807) is 0 Å². The third-order valence-corrected chi connectivity index (χ3v) is 5.61. The van der Waals surface area contributed by atoms with Gasteiger partial charge in [-0.2, -0.15) is 0 Å². The Morgan fingerprint density at radius 3 is 2.00 bits per heavy atom. The largest absolute Gasteiger partial charge is 0.373 e. The summed E-state index contributed by atoms with van der Waals surface area (Å²) in [5, 5.41) is 3.39. The Bertz CT molecular complexity index is 744. The van der Waals surface area contributed by atoms with Crippen LogP contribution in [-0.4, -0.2) is 31.1 Å². The molecular formula is C32H54N2. The van der Waals surface area contributed by atoms with Crippen LogP contribution in [0.1, 0.15) is 85.8 Å². The molecule has 2 heteroatoms. The zero-order chi connectivity index (χ0) is 26.7. The second kappa shape index (κ2) is 19.0. The second-order valence-electron chi connectivity index (χ2n) is 9.37. The predicted octanol–water partition coefficient (Wildman–Crippen LogP) is 8.81. The van der Waals surface area contributed by atoms with Crippen LogP contribution in [0.4, 0.5) is 0 Å². The van der Waals surface area contributed by atoms with E-state index in [0.717, 1.165) is 25.1 Å². The Labute approximate surface area is 213 Å². The standard InChI is InChI=1S/C28H44N2.C2H6.C2H4/c1-10-12-13-14-22(3)19-27(11-2)30(21-24(5)29-9)20-23(4)25-15-17-26(18-16-25)28(6,7)8;2*1-2/h10-18,23-24,29H,3,19-21H2,1-2,4-9H3;1-2H3;1-2H2/b12-10-,14-13-,27-11-;;. The Morgan fingerprint density at radius 2 is 1.56 bits per heavy atom. The summed E-state index contributed by atoms with van der Waals surface area (Å²) in [7, 11) is 2.03. The van der Waals surface area contributed by atoms with Gasteiger partial charge in [0, 0.05) is 31.2 Å². The summed E-state index contributed by atoms with van der Waals surface area (Å²) >= 11 is 0. The quantitative estimate of drug-likeness (QED) is 0.259. The molecule has 192 valence electrons. The number of nitrogens with one attached hydrogen (secondary N) is 1. The maximum atomic E-state index is 4.26. The molecule has 34 heavy (non-hydrogen) atoms. The minimum absolute atomic E-state index is 0.189. The molecule has 2 atom stereocenters. The first-order valence-electron chi connectivity index (χ1n) is 12.8. The molecule has 0 amide bonds. The van der Waals surface area contributed by atoms with E-state index in [1.165, 1.54) is 16.8 Å². The summed E-state index contributed by atoms with van der Waals surface area (Å²) in [4.78, 5) is 2.53. The van der Waals surface area contributed by atoms with Crippen molar-refractivity contribution in [3.63, 3.8) is 0 Å². The minimum Gasteiger partial charge on any atom is -0.373 e. The molecule has 0 heterocycles. The highest BCUT2D eigenvalue weighted by atomic mass is 15.2. The molecule has 0 saturated carbocycles. The van der Waals surface area contributed by atoms with Crippen LogP contribution in [0.5, 0.6) is 0 Å². The minimum atomic E-state index is 0.189. The molecule has 0 fully saturated rings. The Morgan fingerprint density at radius 1 is 1.00 bits per heavy atom. The van der Waals surface area contributed by atoms with Crippen LogP contribution < -0.4 is 5.32 Å². The molecule has 0 radical (unpaired) electrons. The van der Waals surface area contributed by atoms with Gasteiger partial charge in [0.1, 0.15) is 0 Å². The monoisotopic (exact) mass is 466 g/mol. The molecule has 0 bridgehead atoms. The lowest BCUT2D eigenvalue weighted by atomic mass is 9.85. The van der Waals surface area contributed by atoms with Gasteiger partial charge in [0.2, 0.25) is 0 Å². The number of benzene rings is 1. The maximum Gasteiger partial charge on any atom is 0.0326 e. The van der Waals surface area contributed by atoms with Gasteiger partial charge in [0.05, 0.1) is 0 Å². The second-order valence-corrected chi connectivity index (χ2v) is 9.37. The molecule has 0 saturated heterocycles. The van der Waals surface area contributed by atoms with Crippen molar-refractivity contribution in [2.24, 2.45) is 0 Å². The smallest absolute Gasteiger partial charge is 0.0326 e. The van der Waals surface area contributed by atoms with Crippen molar-refractivity contribution in [3.8, 4) is 0 Å². The number of likely N-dealkylation sites (N-methyl/N-ethyl adjacent to an activating group) is 1. The van der Waals surface area contributed by atoms with Gasteiger partial charge in [-0.25, -0.2) is 0 Å². The fourth-order valence-electron chi connectivity index (χ4n) is 3.47. The van der Waals surface area contributed by atoms with Crippen LogP contribution in [0.2, 0.25) is 0 Å². The summed E-state index contributed by atoms with van der Waals surface area (Å²) in [6.07, 6.45) is 11.4. The molecule has 2 nitrogen and oxygen atoms in total. The van der Waals surface area contributed by atoms with Crippen molar-refractivity contribution >= 4 is 0 Å². The summed E-state index contributed by atoms with van der Waals surface area (Å²) in [5.74, 6) is 0.449. The van der Waals surface area contributed by atoms with Gasteiger partial charge in [-0.15, -0.1) is 13.2 Å². The predicted molar refractivity (Wildman–Crippen MR) is 158 cm³/mol. The van der Waals surface area contributed by atoms with Gasteiger partial charge < -0.3 is 10.2 Å². The molecule has 0 aliphatic heterocycles. The van der Waals surface area contributed by atoms with E-state index in [2.05, 4.69) is 114 Å². The lowest BCUT2D eigenvalue weighted by Crippen LogP contribution is -2.39. The molecule has 0 aromatic heterocycles. The zero-order valence-electron chi connectivity index (χ0n) is 24.0. The van der Waals surface area contributed by atoms with Crippen LogP contribution in [0.15, 0.2) is 85.7 Å². The third-order valence-electron chi connectivity index (χ3n) is 5.61. The van der Waals surface area contributed by atoms with Crippen molar-refractivity contribution in [3.05, 3.63) is 96.8 Å². The maximum absolute atomic E-state index is 4.26. The van der Waals surface area contributed by atoms with Crippen LogP contribution in [-0.2, 0) is 5.41 Å². The van der Waals surface area contributed by atoms with E-state index in [1.807, 2.05) is 40.0 Å². The molecule has 0 spiro atoms. The van der Waals surface area contributed by atoms with Crippen molar-refractivity contribution in [2.75, 3.05) is 20.1 Å². The molecule has 1 N–H and O–H groups in total. The number of rotatable bonds is 11. The first-order chi connectivity index (χ1) is 16.1. The van der Waals surface area contributed by atoms with Crippen molar-refractivity contribution in [1.82, 2.24) is 10.2 Å². The van der Waals surface area contributed by atoms with Crippen molar-refractivity contribution in [2.45, 2.75) is 86.1 Å². The molecular weight excluding hydrogens is 412 g/mol. The SMILES string of the molecule is C=C.C=C(/C=C\C=C/C)C/C(=C/C)N(CC(C)NC)CC(C)c1ccc(C(C)(C)C)cc1.CC. The number of allylic oxidation sites excluding steroid dienone is 6. The lowest BCUT2D eigenvalue weighted by Gasteiger charge is -2.33. The zero-order valence-corrected chi connectivity index (χ0v) is 24.0. The molecule has 0 aliphatic carbocycles. The van der Waals surface area contributed by atoms with Gasteiger partial charge in [0.25, 0.3) is 0 Å². The summed E-state index contributed by atoms with van der Waals surface area (Å²) in [5.41, 5.74) is 5.44. The van der Waals surface area contributed by atoms with Gasteiger partial charge in [-0.3, -0.25) is 0 Å². The highest BCUT2D eigenvalue weighted by Gasteiger charge is 2.18. The summed E-state index contributed by atoms with van der Waals surface area (Å²) < 4.78 is 0. The Balaban J connectivity index is 0. The van der Waals surface area contributed by atoms with E-state index >= 15 is 0 Å². The first-order valence-corrected chi connectivity index (χ1v) is 12.8. The van der Waals surface area contributed by atoms with E-state index < -0.39 is 0 Å². The van der Waals surface area contributed by atoms with Gasteiger partial charge in [-0.1, -0.05) is 103 Å². The Kier molecular flexibility index (Phi) is 19.0. The van der Waals surface area contributed by atoms with Gasteiger partial charge in [0.15, 0.2) is 0 Å². The fourth-order valence-corrected chi connectivity index (χ4v) is 3.47. The highest BCUT2D eigenvalue weighted by molar-refractivity contribution is 5.30. The Hall–Kier alpha value is -2.32.